The van der Waals surface area contributed by atoms with E-state index >= 15 is 0 Å². The molecule has 0 rings (SSSR count). The quantitative estimate of drug-likeness (QED) is 0.470. The van der Waals surface area contributed by atoms with Crippen molar-refractivity contribution < 1.29 is 0 Å². The molecule has 0 saturated heterocycles. The predicted octanol–water partition coefficient (Wildman–Crippen LogP) is 2.28. The molecule has 0 aromatic rings. The summed E-state index contributed by atoms with van der Waals surface area (Å²) in [6.07, 6.45) is 3.91. The fourth-order valence-corrected chi connectivity index (χ4v) is 1.69. The van der Waals surface area contributed by atoms with E-state index in [1.54, 1.807) is 0 Å². The molecule has 9 heavy (non-hydrogen) atoms. The molecule has 0 saturated carbocycles. The van der Waals surface area contributed by atoms with Crippen LogP contribution in [0.15, 0.2) is 0 Å². The normalized spacial score (nSPS) is 9.67. The van der Waals surface area contributed by atoms with Gasteiger partial charge in [-0.25, -0.2) is 0 Å². The van der Waals surface area contributed by atoms with Crippen LogP contribution < -0.4 is 4.72 Å². The van der Waals surface area contributed by atoms with Crippen molar-refractivity contribution in [2.24, 2.45) is 0 Å². The first-order valence-electron chi connectivity index (χ1n) is 3.67. The van der Waals surface area contributed by atoms with Crippen LogP contribution in [0, 0.1) is 0 Å². The third kappa shape index (κ3) is 4.85. The average Bonchev–Trinajstić information content (AvgIpc) is 1.88. The van der Waals surface area contributed by atoms with Crippen molar-refractivity contribution in [3.05, 3.63) is 0 Å². The molecule has 0 aromatic carbocycles. The van der Waals surface area contributed by atoms with E-state index in [0.717, 1.165) is 5.99 Å². The highest BCUT2D eigenvalue weighted by Gasteiger charge is 2.08. The van der Waals surface area contributed by atoms with Crippen LogP contribution in [-0.2, 0) is 0 Å². The van der Waals surface area contributed by atoms with Crippen LogP contribution in [0.4, 0.5) is 0 Å². The fourth-order valence-electron chi connectivity index (χ4n) is 0.835. The summed E-state index contributed by atoms with van der Waals surface area (Å²) in [7, 11) is 1.99. The maximum absolute atomic E-state index is 3.12. The molecule has 0 atom stereocenters. The number of nitrogens with one attached hydrogen (secondary N) is 1. The summed E-state index contributed by atoms with van der Waals surface area (Å²) in [6.45, 7) is 4.48. The van der Waals surface area contributed by atoms with E-state index in [-0.39, 0.29) is 0 Å². The lowest BCUT2D eigenvalue weighted by molar-refractivity contribution is 1.06. The Kier molecular flexibility index (Phi) is 6.76. The Labute approximate surface area is 63.1 Å². The molecule has 0 amide bonds. The zero-order valence-electron chi connectivity index (χ0n) is 6.61. The number of hydrogen-bond acceptors (Lipinski definition) is 2. The van der Waals surface area contributed by atoms with Crippen molar-refractivity contribution in [2.45, 2.75) is 32.9 Å². The summed E-state index contributed by atoms with van der Waals surface area (Å²) in [5.74, 6) is 0.819. The van der Waals surface area contributed by atoms with Crippen molar-refractivity contribution in [1.82, 2.24) is 4.72 Å². The molecule has 54 valence electrons. The van der Waals surface area contributed by atoms with Gasteiger partial charge in [-0.1, -0.05) is 32.9 Å². The zero-order valence-corrected chi connectivity index (χ0v) is 7.42. The third-order valence-corrected chi connectivity index (χ3v) is 2.49. The first kappa shape index (κ1) is 9.37. The molecule has 0 aliphatic rings. The van der Waals surface area contributed by atoms with Gasteiger partial charge in [-0.3, -0.25) is 4.72 Å². The van der Waals surface area contributed by atoms with Gasteiger partial charge in [-0.05, 0) is 7.05 Å². The molecule has 0 spiro atoms. The smallest absolute Gasteiger partial charge is 0.229 e. The highest BCUT2D eigenvalue weighted by molar-refractivity contribution is 8.24. The summed E-state index contributed by atoms with van der Waals surface area (Å²) >= 11 is 1.85. The molecule has 0 aromatic heterocycles. The van der Waals surface area contributed by atoms with E-state index in [9.17, 15) is 0 Å². The van der Waals surface area contributed by atoms with Crippen molar-refractivity contribution in [2.75, 3.05) is 7.05 Å². The highest BCUT2D eigenvalue weighted by atomic mass is 32.2. The van der Waals surface area contributed by atoms with Crippen LogP contribution >= 0.6 is 11.8 Å². The van der Waals surface area contributed by atoms with E-state index in [1.165, 1.54) is 19.1 Å². The van der Waals surface area contributed by atoms with Crippen molar-refractivity contribution >= 4 is 17.8 Å². The molecular formula is C6H16BNS. The predicted molar refractivity (Wildman–Crippen MR) is 48.0 cm³/mol. The van der Waals surface area contributed by atoms with Gasteiger partial charge in [0.15, 0.2) is 0 Å². The minimum absolute atomic E-state index is 0.819. The second-order valence-electron chi connectivity index (χ2n) is 2.14. The van der Waals surface area contributed by atoms with Crippen LogP contribution in [-0.4, -0.2) is 13.0 Å². The van der Waals surface area contributed by atoms with Gasteiger partial charge in [-0.15, -0.1) is 11.8 Å². The molecule has 0 heterocycles. The Morgan fingerprint density at radius 1 is 1.44 bits per heavy atom. The van der Waals surface area contributed by atoms with Gasteiger partial charge < -0.3 is 0 Å². The molecule has 1 nitrogen and oxygen atoms in total. The Hall–Kier alpha value is 0.375. The lowest BCUT2D eigenvalue weighted by Crippen LogP contribution is -2.10. The van der Waals surface area contributed by atoms with E-state index in [2.05, 4.69) is 18.6 Å². The van der Waals surface area contributed by atoms with Crippen LogP contribution in [0.3, 0.4) is 0 Å². The molecule has 0 aliphatic carbocycles. The van der Waals surface area contributed by atoms with Crippen LogP contribution in [0.2, 0.25) is 12.6 Å². The molecule has 0 unspecified atom stereocenters. The molecular weight excluding hydrogens is 129 g/mol. The van der Waals surface area contributed by atoms with Crippen molar-refractivity contribution in [3.63, 3.8) is 0 Å². The van der Waals surface area contributed by atoms with Crippen LogP contribution in [0.1, 0.15) is 20.3 Å². The number of hydrogen-bond donors (Lipinski definition) is 1. The summed E-state index contributed by atoms with van der Waals surface area (Å²) < 4.78 is 3.12. The first-order chi connectivity index (χ1) is 4.35. The maximum Gasteiger partial charge on any atom is 0.229 e. The Balaban J connectivity index is 3.18. The molecule has 0 bridgehead atoms. The Bertz CT molecular complexity index is 55.0. The first-order valence-corrected chi connectivity index (χ1v) is 4.55. The monoisotopic (exact) mass is 145 g/mol. The van der Waals surface area contributed by atoms with Crippen molar-refractivity contribution in [1.29, 1.82) is 0 Å². The highest BCUT2D eigenvalue weighted by Crippen LogP contribution is 2.12. The maximum atomic E-state index is 3.12. The zero-order chi connectivity index (χ0) is 7.11. The Morgan fingerprint density at radius 2 is 2.11 bits per heavy atom. The molecule has 0 fully saturated rings. The fraction of sp³-hybridized carbons (Fsp3) is 1.00. The molecule has 0 radical (unpaired) electrons. The average molecular weight is 145 g/mol. The van der Waals surface area contributed by atoms with Gasteiger partial charge in [0.1, 0.15) is 0 Å². The van der Waals surface area contributed by atoms with E-state index in [0.29, 0.717) is 0 Å². The molecule has 3 heteroatoms. The van der Waals surface area contributed by atoms with E-state index in [4.69, 9.17) is 0 Å². The Morgan fingerprint density at radius 3 is 2.44 bits per heavy atom. The summed E-state index contributed by atoms with van der Waals surface area (Å²) in [4.78, 5) is 0. The molecule has 0 aliphatic heterocycles. The molecule has 1 N–H and O–H groups in total. The van der Waals surface area contributed by atoms with Gasteiger partial charge in [0.25, 0.3) is 0 Å². The van der Waals surface area contributed by atoms with Gasteiger partial charge >= 0.3 is 0 Å². The third-order valence-electron chi connectivity index (χ3n) is 1.35. The second kappa shape index (κ2) is 6.49. The van der Waals surface area contributed by atoms with Gasteiger partial charge in [0.05, 0.1) is 0 Å². The second-order valence-corrected chi connectivity index (χ2v) is 3.45. The van der Waals surface area contributed by atoms with E-state index < -0.39 is 0 Å². The lowest BCUT2D eigenvalue weighted by Gasteiger charge is -2.06. The van der Waals surface area contributed by atoms with Crippen molar-refractivity contribution in [3.8, 4) is 0 Å². The van der Waals surface area contributed by atoms with Crippen LogP contribution in [0.25, 0.3) is 0 Å². The SMILES string of the molecule is CCCB(CC)SNC. The minimum atomic E-state index is 0.819. The summed E-state index contributed by atoms with van der Waals surface area (Å²) in [6, 6.07) is 0. The summed E-state index contributed by atoms with van der Waals surface area (Å²) in [5.41, 5.74) is 0. The number of rotatable bonds is 5. The van der Waals surface area contributed by atoms with Gasteiger partial charge in [0, 0.05) is 0 Å². The lowest BCUT2D eigenvalue weighted by atomic mass is 9.68. The topological polar surface area (TPSA) is 12.0 Å². The standard InChI is InChI=1S/C6H16BNS/c1-4-6-7(5-2)9-8-3/h8H,4-6H2,1-3H3. The largest absolute Gasteiger partial charge is 0.277 e. The van der Waals surface area contributed by atoms with E-state index in [1.807, 2.05) is 18.8 Å². The summed E-state index contributed by atoms with van der Waals surface area (Å²) in [5, 5.41) is 0. The minimum Gasteiger partial charge on any atom is -0.277 e. The van der Waals surface area contributed by atoms with Gasteiger partial charge in [0.2, 0.25) is 5.99 Å². The van der Waals surface area contributed by atoms with Crippen LogP contribution in [0.5, 0.6) is 0 Å². The van der Waals surface area contributed by atoms with Gasteiger partial charge in [-0.2, -0.15) is 0 Å².